The molecule has 6 nitrogen and oxygen atoms in total. The minimum Gasteiger partial charge on any atom is -0.337 e. The van der Waals surface area contributed by atoms with Crippen LogP contribution < -0.4 is 16.4 Å². The molecule has 5 saturated heterocycles. The van der Waals surface area contributed by atoms with Crippen molar-refractivity contribution in [3.63, 3.8) is 0 Å². The Kier molecular flexibility index (Phi) is 4.22. The summed E-state index contributed by atoms with van der Waals surface area (Å²) in [6, 6.07) is 12.7. The highest BCUT2D eigenvalue weighted by Gasteiger charge is 2.55. The Morgan fingerprint density at radius 1 is 0.929 bits per heavy atom. The second-order valence-corrected chi connectivity index (χ2v) is 9.50. The van der Waals surface area contributed by atoms with Gasteiger partial charge in [-0.05, 0) is 56.7 Å². The second-order valence-electron chi connectivity index (χ2n) is 9.50. The molecular weight excluding hydrogens is 350 g/mol. The average molecular weight is 382 g/mol. The van der Waals surface area contributed by atoms with E-state index in [1.54, 1.807) is 0 Å². The quantitative estimate of drug-likeness (QED) is 0.719. The molecule has 150 valence electrons. The molecule has 1 amide bonds. The summed E-state index contributed by atoms with van der Waals surface area (Å²) in [5.41, 5.74) is 11.1. The number of likely N-dealkylation sites (tertiary alicyclic amines) is 1. The van der Waals surface area contributed by atoms with Gasteiger partial charge in [-0.1, -0.05) is 30.3 Å². The highest BCUT2D eigenvalue weighted by atomic mass is 16.2. The van der Waals surface area contributed by atoms with Crippen LogP contribution in [0.15, 0.2) is 30.3 Å². The van der Waals surface area contributed by atoms with E-state index in [1.165, 1.54) is 31.5 Å². The molecule has 1 aromatic rings. The number of benzene rings is 1. The number of carbonyl (C=O) groups is 1. The molecule has 5 heterocycles. The zero-order chi connectivity index (χ0) is 18.7. The summed E-state index contributed by atoms with van der Waals surface area (Å²) in [5.74, 6) is 1.75. The van der Waals surface area contributed by atoms with Gasteiger partial charge in [0.15, 0.2) is 0 Å². The van der Waals surface area contributed by atoms with Crippen molar-refractivity contribution in [1.29, 1.82) is 0 Å². The van der Waals surface area contributed by atoms with Crippen molar-refractivity contribution in [2.24, 2.45) is 11.8 Å². The molecule has 28 heavy (non-hydrogen) atoms. The van der Waals surface area contributed by atoms with E-state index in [0.29, 0.717) is 41.9 Å². The molecule has 0 radical (unpaired) electrons. The van der Waals surface area contributed by atoms with Crippen LogP contribution in [-0.2, 0) is 4.79 Å². The van der Waals surface area contributed by atoms with E-state index in [2.05, 4.69) is 56.5 Å². The van der Waals surface area contributed by atoms with Crippen LogP contribution in [0.3, 0.4) is 0 Å². The predicted octanol–water partition coefficient (Wildman–Crippen LogP) is 1.22. The molecule has 7 rings (SSSR count). The van der Waals surface area contributed by atoms with Crippen molar-refractivity contribution in [1.82, 2.24) is 26.2 Å². The lowest BCUT2D eigenvalue weighted by molar-refractivity contribution is -0.141. The van der Waals surface area contributed by atoms with Crippen LogP contribution in [0, 0.1) is 11.8 Å². The van der Waals surface area contributed by atoms with Gasteiger partial charge in [0.2, 0.25) is 5.91 Å². The Balaban J connectivity index is 1.28. The highest BCUT2D eigenvalue weighted by Crippen LogP contribution is 2.47. The van der Waals surface area contributed by atoms with Crippen LogP contribution in [0.4, 0.5) is 0 Å². The van der Waals surface area contributed by atoms with Crippen molar-refractivity contribution < 1.29 is 4.79 Å². The predicted molar refractivity (Wildman–Crippen MR) is 107 cm³/mol. The molecular formula is C22H31N5O. The van der Waals surface area contributed by atoms with E-state index in [9.17, 15) is 4.79 Å². The number of piperidine rings is 3. The Morgan fingerprint density at radius 3 is 2.54 bits per heavy atom. The highest BCUT2D eigenvalue weighted by molar-refractivity contribution is 5.80. The molecule has 2 bridgehead atoms. The van der Waals surface area contributed by atoms with E-state index in [0.717, 1.165) is 25.8 Å². The maximum atomic E-state index is 13.7. The van der Waals surface area contributed by atoms with E-state index in [-0.39, 0.29) is 5.92 Å². The minimum absolute atomic E-state index is 0.168. The first-order chi connectivity index (χ1) is 13.8. The summed E-state index contributed by atoms with van der Waals surface area (Å²) in [7, 11) is 0. The normalized spacial score (nSPS) is 44.4. The van der Waals surface area contributed by atoms with E-state index >= 15 is 0 Å². The van der Waals surface area contributed by atoms with Gasteiger partial charge in [0.25, 0.3) is 0 Å². The van der Waals surface area contributed by atoms with Gasteiger partial charge in [-0.2, -0.15) is 5.53 Å². The molecule has 3 N–H and O–H groups in total. The van der Waals surface area contributed by atoms with Crippen LogP contribution in [0.1, 0.15) is 43.6 Å². The van der Waals surface area contributed by atoms with E-state index in [4.69, 9.17) is 0 Å². The number of carbonyl (C=O) groups excluding carboxylic acids is 1. The van der Waals surface area contributed by atoms with Crippen molar-refractivity contribution >= 4 is 5.91 Å². The smallest absolute Gasteiger partial charge is 0.226 e. The lowest BCUT2D eigenvalue weighted by Gasteiger charge is -2.51. The number of fused-ring (bicyclic) bond motifs is 3. The molecule has 6 heteroatoms. The molecule has 0 aromatic heterocycles. The fraction of sp³-hybridized carbons (Fsp3) is 0.682. The maximum Gasteiger partial charge on any atom is 0.226 e. The van der Waals surface area contributed by atoms with Gasteiger partial charge in [-0.3, -0.25) is 9.69 Å². The van der Waals surface area contributed by atoms with Crippen LogP contribution in [0.2, 0.25) is 0 Å². The summed E-state index contributed by atoms with van der Waals surface area (Å²) >= 11 is 0. The molecule has 6 fully saturated rings. The summed E-state index contributed by atoms with van der Waals surface area (Å²) in [4.78, 5) is 18.8. The number of hydrazine groups is 2. The molecule has 5 aliphatic heterocycles. The molecule has 3 unspecified atom stereocenters. The van der Waals surface area contributed by atoms with Crippen LogP contribution in [0.5, 0.6) is 0 Å². The molecule has 1 aromatic carbocycles. The fourth-order valence-corrected chi connectivity index (χ4v) is 6.86. The molecule has 0 spiro atoms. The Labute approximate surface area is 167 Å². The number of rotatable bonds is 2. The van der Waals surface area contributed by atoms with E-state index < -0.39 is 0 Å². The second kappa shape index (κ2) is 6.80. The van der Waals surface area contributed by atoms with Gasteiger partial charge in [-0.25, -0.2) is 10.9 Å². The molecule has 6 atom stereocenters. The van der Waals surface area contributed by atoms with Crippen molar-refractivity contribution in [2.75, 3.05) is 19.6 Å². The minimum atomic E-state index is 0.168. The summed E-state index contributed by atoms with van der Waals surface area (Å²) in [6.07, 6.45) is 5.55. The number of hydrogen-bond donors (Lipinski definition) is 3. The molecule has 1 aliphatic carbocycles. The number of amides is 1. The number of nitrogens with zero attached hydrogens (tertiary/aromatic N) is 2. The number of hydrogen-bond acceptors (Lipinski definition) is 5. The third-order valence-corrected chi connectivity index (χ3v) is 8.22. The zero-order valence-corrected chi connectivity index (χ0v) is 16.4. The summed E-state index contributed by atoms with van der Waals surface area (Å²) in [5, 5.41) is 0. The Bertz CT molecular complexity index is 734. The van der Waals surface area contributed by atoms with Crippen LogP contribution in [-0.4, -0.2) is 59.5 Å². The maximum absolute atomic E-state index is 13.7. The van der Waals surface area contributed by atoms with Crippen molar-refractivity contribution in [2.45, 2.75) is 62.2 Å². The first-order valence-electron chi connectivity index (χ1n) is 11.1. The third-order valence-electron chi connectivity index (χ3n) is 8.22. The van der Waals surface area contributed by atoms with Crippen LogP contribution >= 0.6 is 0 Å². The first kappa shape index (κ1) is 17.4. The standard InChI is InChI=1S/C22H31N5O/c28-22(16-6-7-18-19(12-16)24-25-23-18)27-13-17(14-4-2-1-3-5-14)21-20(27)15-8-10-26(21)11-9-15/h1-5,15-21,23-25H,6-13H2/t16?,17-,18?,19?,20+,21+/m1/s1. The van der Waals surface area contributed by atoms with Gasteiger partial charge >= 0.3 is 0 Å². The lowest BCUT2D eigenvalue weighted by Crippen LogP contribution is -2.61. The monoisotopic (exact) mass is 381 g/mol. The largest absolute Gasteiger partial charge is 0.337 e. The van der Waals surface area contributed by atoms with Crippen LogP contribution in [0.25, 0.3) is 0 Å². The topological polar surface area (TPSA) is 59.6 Å². The number of nitrogens with one attached hydrogen (secondary N) is 3. The van der Waals surface area contributed by atoms with Gasteiger partial charge in [-0.15, -0.1) is 0 Å². The Morgan fingerprint density at radius 2 is 1.71 bits per heavy atom. The van der Waals surface area contributed by atoms with Gasteiger partial charge < -0.3 is 4.90 Å². The van der Waals surface area contributed by atoms with Gasteiger partial charge in [0.05, 0.1) is 6.04 Å². The zero-order valence-electron chi connectivity index (χ0n) is 16.4. The summed E-state index contributed by atoms with van der Waals surface area (Å²) < 4.78 is 0. The lowest BCUT2D eigenvalue weighted by atomic mass is 9.75. The first-order valence-corrected chi connectivity index (χ1v) is 11.1. The van der Waals surface area contributed by atoms with Crippen molar-refractivity contribution in [3.05, 3.63) is 35.9 Å². The van der Waals surface area contributed by atoms with Gasteiger partial charge in [0, 0.05) is 36.5 Å². The van der Waals surface area contributed by atoms with Crippen molar-refractivity contribution in [3.8, 4) is 0 Å². The molecule has 6 aliphatic rings. The third kappa shape index (κ3) is 2.65. The Hall–Kier alpha value is -1.47. The SMILES string of the molecule is O=C(C1CCC2NNNC2C1)N1C[C@H](c2ccccc2)[C@H]2[C@@H]1C1CCN2CC1. The fourth-order valence-electron chi connectivity index (χ4n) is 6.86. The molecule has 1 saturated carbocycles. The summed E-state index contributed by atoms with van der Waals surface area (Å²) in [6.45, 7) is 3.33. The van der Waals surface area contributed by atoms with E-state index in [1.807, 2.05) is 0 Å². The van der Waals surface area contributed by atoms with Gasteiger partial charge in [0.1, 0.15) is 0 Å². The average Bonchev–Trinajstić information content (AvgIpc) is 3.40.